The van der Waals surface area contributed by atoms with Crippen molar-refractivity contribution in [2.45, 2.75) is 12.1 Å². The number of hydrogen-bond donors (Lipinski definition) is 1. The Bertz CT molecular complexity index is 772. The average Bonchev–Trinajstić information content (AvgIpc) is 2.91. The smallest absolute Gasteiger partial charge is 0.455 e. The molecule has 1 N–H and O–H groups in total. The highest BCUT2D eigenvalue weighted by molar-refractivity contribution is 7.86. The van der Waals surface area contributed by atoms with Gasteiger partial charge in [-0.25, -0.2) is 9.78 Å². The lowest BCUT2D eigenvalue weighted by molar-refractivity contribution is -0.0510. The third kappa shape index (κ3) is 6.01. The Balaban J connectivity index is 0.000000307. The third-order valence-corrected chi connectivity index (χ3v) is 3.09. The number of rotatable bonds is 3. The van der Waals surface area contributed by atoms with Gasteiger partial charge in [0, 0.05) is 19.4 Å². The minimum atomic E-state index is -5.84. The maximum absolute atomic E-state index is 11.6. The summed E-state index contributed by atoms with van der Waals surface area (Å²) in [7, 11) is -4.08. The topological polar surface area (TPSA) is 98.5 Å². The van der Waals surface area contributed by atoms with Crippen LogP contribution < -0.4 is 0 Å². The highest BCUT2D eigenvalue weighted by Crippen LogP contribution is 2.20. The predicted molar refractivity (Wildman–Crippen MR) is 76.4 cm³/mol. The van der Waals surface area contributed by atoms with E-state index in [-0.39, 0.29) is 6.61 Å². The summed E-state index contributed by atoms with van der Waals surface area (Å²) in [6, 6.07) is 9.55. The molecule has 0 bridgehead atoms. The zero-order valence-corrected chi connectivity index (χ0v) is 13.1. The summed E-state index contributed by atoms with van der Waals surface area (Å²) in [6.07, 6.45) is 3.28. The first-order valence-electron chi connectivity index (χ1n) is 6.24. The Morgan fingerprint density at radius 2 is 1.83 bits per heavy atom. The van der Waals surface area contributed by atoms with Gasteiger partial charge in [0.1, 0.15) is 6.61 Å². The van der Waals surface area contributed by atoms with E-state index >= 15 is 0 Å². The Hall–Kier alpha value is -2.40. The molecule has 1 heterocycles. The number of imidazole rings is 1. The van der Waals surface area contributed by atoms with Gasteiger partial charge >= 0.3 is 21.6 Å². The van der Waals surface area contributed by atoms with Crippen molar-refractivity contribution in [3.05, 3.63) is 54.1 Å². The molecule has 0 saturated carbocycles. The molecule has 11 heteroatoms. The molecular formula is C13H13F3N2O5S. The standard InChI is InChI=1S/C12H12N2O2.CHF3O3S/c1-14-8-7-13-11(14)12(15)16-9-10-5-3-2-4-6-10;2-1(3,4)8(5,6)7/h2-8H,9H2,1H3;(H,5,6,7). The van der Waals surface area contributed by atoms with Gasteiger partial charge in [-0.3, -0.25) is 4.55 Å². The Kier molecular flexibility index (Phi) is 6.49. The minimum Gasteiger partial charge on any atom is -0.455 e. The Labute approximate surface area is 135 Å². The molecule has 0 atom stereocenters. The zero-order chi connectivity index (χ0) is 18.4. The molecule has 2 aromatic rings. The maximum atomic E-state index is 11.6. The van der Waals surface area contributed by atoms with Gasteiger partial charge in [0.05, 0.1) is 0 Å². The number of benzene rings is 1. The predicted octanol–water partition coefficient (Wildman–Crippen LogP) is 2.17. The van der Waals surface area contributed by atoms with Gasteiger partial charge in [-0.1, -0.05) is 30.3 Å². The number of esters is 1. The van der Waals surface area contributed by atoms with E-state index in [0.717, 1.165) is 5.56 Å². The number of nitrogens with zero attached hydrogens (tertiary/aromatic N) is 2. The average molecular weight is 366 g/mol. The number of aromatic nitrogens is 2. The van der Waals surface area contributed by atoms with Gasteiger partial charge < -0.3 is 9.30 Å². The van der Waals surface area contributed by atoms with Crippen LogP contribution in [0.25, 0.3) is 0 Å². The van der Waals surface area contributed by atoms with Crippen molar-refractivity contribution in [3.8, 4) is 0 Å². The summed E-state index contributed by atoms with van der Waals surface area (Å²) in [6.45, 7) is 0.270. The van der Waals surface area contributed by atoms with Crippen molar-refractivity contribution >= 4 is 16.1 Å². The Morgan fingerprint density at radius 1 is 1.29 bits per heavy atom. The first kappa shape index (κ1) is 19.6. The van der Waals surface area contributed by atoms with Crippen molar-refractivity contribution in [3.63, 3.8) is 0 Å². The number of aryl methyl sites for hydroxylation is 1. The van der Waals surface area contributed by atoms with Crippen LogP contribution in [0, 0.1) is 0 Å². The van der Waals surface area contributed by atoms with Crippen LogP contribution in [-0.2, 0) is 28.5 Å². The van der Waals surface area contributed by atoms with Crippen LogP contribution in [0.5, 0.6) is 0 Å². The Morgan fingerprint density at radius 3 is 2.25 bits per heavy atom. The normalized spacial score (nSPS) is 11.4. The van der Waals surface area contributed by atoms with E-state index in [0.29, 0.717) is 5.82 Å². The lowest BCUT2D eigenvalue weighted by Crippen LogP contribution is -2.21. The molecule has 24 heavy (non-hydrogen) atoms. The highest BCUT2D eigenvalue weighted by atomic mass is 32.2. The monoisotopic (exact) mass is 366 g/mol. The molecule has 1 aromatic carbocycles. The maximum Gasteiger partial charge on any atom is 0.522 e. The van der Waals surface area contributed by atoms with E-state index in [9.17, 15) is 18.0 Å². The second-order valence-corrected chi connectivity index (χ2v) is 5.76. The molecule has 7 nitrogen and oxygen atoms in total. The molecule has 132 valence electrons. The fourth-order valence-corrected chi connectivity index (χ4v) is 1.35. The number of hydrogen-bond acceptors (Lipinski definition) is 5. The second kappa shape index (κ2) is 7.93. The van der Waals surface area contributed by atoms with Crippen molar-refractivity contribution in [2.75, 3.05) is 0 Å². The summed E-state index contributed by atoms with van der Waals surface area (Å²) in [5, 5.41) is 0. The molecular weight excluding hydrogens is 353 g/mol. The van der Waals surface area contributed by atoms with Gasteiger partial charge in [0.25, 0.3) is 0 Å². The van der Waals surface area contributed by atoms with Crippen LogP contribution >= 0.6 is 0 Å². The first-order valence-corrected chi connectivity index (χ1v) is 7.68. The van der Waals surface area contributed by atoms with E-state index in [2.05, 4.69) is 4.98 Å². The fourth-order valence-electron chi connectivity index (χ4n) is 1.35. The second-order valence-electron chi connectivity index (χ2n) is 4.34. The summed E-state index contributed by atoms with van der Waals surface area (Å²) in [4.78, 5) is 15.5. The van der Waals surface area contributed by atoms with Gasteiger partial charge in [0.15, 0.2) is 0 Å². The van der Waals surface area contributed by atoms with Crippen molar-refractivity contribution in [1.29, 1.82) is 0 Å². The summed E-state index contributed by atoms with van der Waals surface area (Å²) < 4.78 is 64.3. The van der Waals surface area contributed by atoms with Crippen LogP contribution in [0.4, 0.5) is 13.2 Å². The summed E-state index contributed by atoms with van der Waals surface area (Å²) >= 11 is 0. The number of alkyl halides is 3. The summed E-state index contributed by atoms with van der Waals surface area (Å²) in [5.41, 5.74) is -4.57. The van der Waals surface area contributed by atoms with E-state index in [4.69, 9.17) is 17.7 Å². The molecule has 2 rings (SSSR count). The molecule has 0 aliphatic heterocycles. The minimum absolute atomic E-state index is 0.270. The SMILES string of the molecule is Cn1ccnc1C(=O)OCc1ccccc1.O=S(=O)(O)C(F)(F)F. The number of carbonyl (C=O) groups is 1. The molecule has 0 aliphatic rings. The number of ether oxygens (including phenoxy) is 1. The molecule has 0 radical (unpaired) electrons. The largest absolute Gasteiger partial charge is 0.522 e. The molecule has 0 fully saturated rings. The fraction of sp³-hybridized carbons (Fsp3) is 0.231. The molecule has 1 aromatic heterocycles. The number of halogens is 3. The lowest BCUT2D eigenvalue weighted by atomic mass is 10.2. The molecule has 0 unspecified atom stereocenters. The molecule has 0 spiro atoms. The van der Waals surface area contributed by atoms with Crippen LogP contribution in [0.2, 0.25) is 0 Å². The van der Waals surface area contributed by atoms with E-state index in [1.165, 1.54) is 0 Å². The van der Waals surface area contributed by atoms with Crippen molar-refractivity contribution < 1.29 is 35.7 Å². The van der Waals surface area contributed by atoms with Crippen molar-refractivity contribution in [1.82, 2.24) is 9.55 Å². The van der Waals surface area contributed by atoms with Crippen LogP contribution in [-0.4, -0.2) is 34.0 Å². The van der Waals surface area contributed by atoms with Gasteiger partial charge in [-0.2, -0.15) is 21.6 Å². The van der Waals surface area contributed by atoms with Crippen LogP contribution in [0.3, 0.4) is 0 Å². The number of carbonyl (C=O) groups excluding carboxylic acids is 1. The van der Waals surface area contributed by atoms with Gasteiger partial charge in [-0.05, 0) is 5.56 Å². The third-order valence-electron chi connectivity index (χ3n) is 2.51. The van der Waals surface area contributed by atoms with Gasteiger partial charge in [-0.15, -0.1) is 0 Å². The van der Waals surface area contributed by atoms with Crippen LogP contribution in [0.1, 0.15) is 16.2 Å². The highest BCUT2D eigenvalue weighted by Gasteiger charge is 2.44. The quantitative estimate of drug-likeness (QED) is 0.508. The van der Waals surface area contributed by atoms with Gasteiger partial charge in [0.2, 0.25) is 5.82 Å². The van der Waals surface area contributed by atoms with E-state index in [1.807, 2.05) is 30.3 Å². The van der Waals surface area contributed by atoms with E-state index < -0.39 is 21.6 Å². The first-order chi connectivity index (χ1) is 11.0. The van der Waals surface area contributed by atoms with Crippen LogP contribution in [0.15, 0.2) is 42.7 Å². The summed E-state index contributed by atoms with van der Waals surface area (Å²) in [5.74, 6) is -0.0905. The van der Waals surface area contributed by atoms with E-state index in [1.54, 1.807) is 24.0 Å². The molecule has 0 aliphatic carbocycles. The zero-order valence-electron chi connectivity index (χ0n) is 12.3. The van der Waals surface area contributed by atoms with Crippen molar-refractivity contribution in [2.24, 2.45) is 7.05 Å². The molecule has 0 saturated heterocycles. The lowest BCUT2D eigenvalue weighted by Gasteiger charge is -2.04. The molecule has 0 amide bonds.